The van der Waals surface area contributed by atoms with Gasteiger partial charge in [-0.25, -0.2) is 0 Å². The molecular formula is C22H16Br2Cl2. The minimum absolute atomic E-state index is 0.847. The van der Waals surface area contributed by atoms with Gasteiger partial charge in [-0.05, 0) is 83.3 Å². The van der Waals surface area contributed by atoms with Crippen molar-refractivity contribution in [2.75, 3.05) is 0 Å². The Hall–Kier alpha value is -0.800. The van der Waals surface area contributed by atoms with E-state index in [1.807, 2.05) is 0 Å². The third kappa shape index (κ3) is 3.62. The van der Waals surface area contributed by atoms with E-state index in [1.54, 1.807) is 0 Å². The first-order valence-corrected chi connectivity index (χ1v) is 10.9. The average molecular weight is 511 g/mol. The van der Waals surface area contributed by atoms with Crippen molar-refractivity contribution in [3.05, 3.63) is 90.9 Å². The lowest BCUT2D eigenvalue weighted by molar-refractivity contribution is 0.935. The quantitative estimate of drug-likeness (QED) is 0.381. The topological polar surface area (TPSA) is 0 Å². The van der Waals surface area contributed by atoms with Gasteiger partial charge in [0.05, 0.1) is 10.1 Å². The molecule has 26 heavy (non-hydrogen) atoms. The summed E-state index contributed by atoms with van der Waals surface area (Å²) in [5.41, 5.74) is 7.23. The van der Waals surface area contributed by atoms with Crippen molar-refractivity contribution < 1.29 is 0 Å². The first-order chi connectivity index (χ1) is 12.5. The molecule has 0 radical (unpaired) electrons. The molecule has 0 aromatic heterocycles. The number of hydrogen-bond donors (Lipinski definition) is 0. The molecule has 0 aliphatic heterocycles. The molecule has 0 nitrogen and oxygen atoms in total. The van der Waals surface area contributed by atoms with Crippen LogP contribution in [0.15, 0.2) is 68.6 Å². The predicted octanol–water partition coefficient (Wildman–Crippen LogP) is 8.26. The molecule has 0 N–H and O–H groups in total. The van der Waals surface area contributed by atoms with E-state index in [1.165, 1.54) is 22.3 Å². The van der Waals surface area contributed by atoms with Crippen LogP contribution in [-0.2, 0) is 12.8 Å². The molecule has 0 amide bonds. The van der Waals surface area contributed by atoms with E-state index in [4.69, 9.17) is 23.2 Å². The van der Waals surface area contributed by atoms with Gasteiger partial charge in [0.2, 0.25) is 0 Å². The Morgan fingerprint density at radius 2 is 1.08 bits per heavy atom. The first-order valence-electron chi connectivity index (χ1n) is 8.56. The summed E-state index contributed by atoms with van der Waals surface area (Å²) in [6.45, 7) is 0. The summed E-state index contributed by atoms with van der Waals surface area (Å²) in [4.78, 5) is 0. The second kappa shape index (κ2) is 7.67. The molecule has 0 bridgehead atoms. The maximum absolute atomic E-state index is 6.69. The van der Waals surface area contributed by atoms with Crippen molar-refractivity contribution in [2.24, 2.45) is 0 Å². The molecule has 0 spiro atoms. The molecule has 2 aromatic rings. The lowest BCUT2D eigenvalue weighted by Gasteiger charge is -2.20. The molecule has 0 saturated carbocycles. The van der Waals surface area contributed by atoms with Crippen LogP contribution in [0.2, 0.25) is 0 Å². The highest BCUT2D eigenvalue weighted by Crippen LogP contribution is 2.39. The maximum Gasteiger partial charge on any atom is 0.0513 e. The number of halogens is 4. The zero-order chi connectivity index (χ0) is 18.3. The number of benzene rings is 2. The number of hydrogen-bond acceptors (Lipinski definition) is 0. The first kappa shape index (κ1) is 18.6. The molecule has 0 unspecified atom stereocenters. The zero-order valence-corrected chi connectivity index (χ0v) is 18.6. The molecule has 4 rings (SSSR count). The van der Waals surface area contributed by atoms with Crippen LogP contribution >= 0.6 is 55.1 Å². The lowest BCUT2D eigenvalue weighted by Crippen LogP contribution is -2.03. The largest absolute Gasteiger partial charge is 0.0834 e. The maximum atomic E-state index is 6.69. The molecule has 0 atom stereocenters. The third-order valence-corrected chi connectivity index (χ3v) is 6.87. The fraction of sp³-hybridized carbons (Fsp3) is 0.182. The highest BCUT2D eigenvalue weighted by Gasteiger charge is 2.18. The van der Waals surface area contributed by atoms with E-state index in [2.05, 4.69) is 80.4 Å². The molecule has 0 heterocycles. The van der Waals surface area contributed by atoms with Crippen molar-refractivity contribution in [1.82, 2.24) is 0 Å². The summed E-state index contributed by atoms with van der Waals surface area (Å²) in [7, 11) is 0. The summed E-state index contributed by atoms with van der Waals surface area (Å²) >= 11 is 20.5. The molecular weight excluding hydrogens is 495 g/mol. The number of fused-ring (bicyclic) bond motifs is 2. The van der Waals surface area contributed by atoms with Crippen molar-refractivity contribution in [3.8, 4) is 0 Å². The second-order valence-corrected chi connectivity index (χ2v) is 9.20. The number of rotatable bonds is 2. The molecule has 0 saturated heterocycles. The molecule has 4 heteroatoms. The van der Waals surface area contributed by atoms with E-state index in [-0.39, 0.29) is 0 Å². The van der Waals surface area contributed by atoms with Crippen LogP contribution < -0.4 is 0 Å². The van der Waals surface area contributed by atoms with E-state index in [9.17, 15) is 0 Å². The second-order valence-electron chi connectivity index (χ2n) is 6.61. The van der Waals surface area contributed by atoms with Gasteiger partial charge in [-0.3, -0.25) is 0 Å². The number of aryl methyl sites for hydroxylation is 2. The van der Waals surface area contributed by atoms with Crippen LogP contribution in [0.3, 0.4) is 0 Å². The minimum Gasteiger partial charge on any atom is -0.0834 e. The smallest absolute Gasteiger partial charge is 0.0513 e. The Balaban J connectivity index is 1.68. The van der Waals surface area contributed by atoms with E-state index in [0.717, 1.165) is 55.8 Å². The van der Waals surface area contributed by atoms with Crippen LogP contribution in [-0.4, -0.2) is 0 Å². The molecule has 0 fully saturated rings. The Morgan fingerprint density at radius 1 is 0.654 bits per heavy atom. The van der Waals surface area contributed by atoms with E-state index >= 15 is 0 Å². The fourth-order valence-corrected chi connectivity index (χ4v) is 4.95. The van der Waals surface area contributed by atoms with Gasteiger partial charge < -0.3 is 0 Å². The van der Waals surface area contributed by atoms with Crippen LogP contribution in [0.25, 0.3) is 10.1 Å². The summed E-state index contributed by atoms with van der Waals surface area (Å²) in [6, 6.07) is 12.7. The van der Waals surface area contributed by atoms with Crippen molar-refractivity contribution >= 4 is 65.1 Å². The lowest BCUT2D eigenvalue weighted by atomic mass is 9.89. The SMILES string of the molecule is ClC1=C(/C=C/C2=C(Cl)c3cc(Br)ccc3CC2)CCc2ccc(Br)cc21. The molecule has 2 aliphatic carbocycles. The Bertz CT molecular complexity index is 904. The standard InChI is InChI=1S/C22H16Br2Cl2/c23-17-9-7-13-1-3-15(21(25)19(13)11-17)5-6-16-4-2-14-8-10-18(24)12-20(14)22(16)26/h5-12H,1-4H2/b6-5+. The van der Waals surface area contributed by atoms with Crippen molar-refractivity contribution in [1.29, 1.82) is 0 Å². The fourth-order valence-electron chi connectivity index (χ4n) is 3.56. The van der Waals surface area contributed by atoms with E-state index in [0.29, 0.717) is 0 Å². The Kier molecular flexibility index (Phi) is 5.48. The monoisotopic (exact) mass is 508 g/mol. The van der Waals surface area contributed by atoms with E-state index < -0.39 is 0 Å². The van der Waals surface area contributed by atoms with Crippen molar-refractivity contribution in [3.63, 3.8) is 0 Å². The summed E-state index contributed by atoms with van der Waals surface area (Å²) in [5.74, 6) is 0. The molecule has 132 valence electrons. The van der Waals surface area contributed by atoms with Gasteiger partial charge in [-0.15, -0.1) is 0 Å². The average Bonchev–Trinajstić information content (AvgIpc) is 2.63. The highest BCUT2D eigenvalue weighted by atomic mass is 79.9. The Morgan fingerprint density at radius 3 is 1.50 bits per heavy atom. The van der Waals surface area contributed by atoms with Gasteiger partial charge in [0.1, 0.15) is 0 Å². The molecule has 2 aromatic carbocycles. The zero-order valence-electron chi connectivity index (χ0n) is 14.0. The molecule has 2 aliphatic rings. The predicted molar refractivity (Wildman–Crippen MR) is 120 cm³/mol. The summed E-state index contributed by atoms with van der Waals surface area (Å²) in [6.07, 6.45) is 8.23. The van der Waals surface area contributed by atoms with Gasteiger partial charge in [0, 0.05) is 8.95 Å². The van der Waals surface area contributed by atoms with Gasteiger partial charge in [-0.2, -0.15) is 0 Å². The third-order valence-electron chi connectivity index (χ3n) is 4.99. The van der Waals surface area contributed by atoms with Crippen LogP contribution in [0, 0.1) is 0 Å². The summed E-state index contributed by atoms with van der Waals surface area (Å²) < 4.78 is 2.11. The number of allylic oxidation sites excluding steroid dienone is 4. The van der Waals surface area contributed by atoms with Crippen LogP contribution in [0.5, 0.6) is 0 Å². The highest BCUT2D eigenvalue weighted by molar-refractivity contribution is 9.10. The van der Waals surface area contributed by atoms with Crippen LogP contribution in [0.4, 0.5) is 0 Å². The van der Waals surface area contributed by atoms with Gasteiger partial charge in [0.25, 0.3) is 0 Å². The van der Waals surface area contributed by atoms with Gasteiger partial charge in [0.15, 0.2) is 0 Å². The Labute approximate surface area is 180 Å². The van der Waals surface area contributed by atoms with Gasteiger partial charge in [-0.1, -0.05) is 79.3 Å². The normalized spacial score (nSPS) is 16.9. The summed E-state index contributed by atoms with van der Waals surface area (Å²) in [5, 5.41) is 1.69. The minimum atomic E-state index is 0.847. The van der Waals surface area contributed by atoms with Crippen molar-refractivity contribution in [2.45, 2.75) is 25.7 Å². The van der Waals surface area contributed by atoms with Crippen LogP contribution in [0.1, 0.15) is 35.1 Å². The van der Waals surface area contributed by atoms with Gasteiger partial charge >= 0.3 is 0 Å².